The molecule has 0 saturated heterocycles. The number of nitrogens with one attached hydrogen (secondary N) is 2. The average Bonchev–Trinajstić information content (AvgIpc) is 2.69. The highest BCUT2D eigenvalue weighted by molar-refractivity contribution is 5.77. The summed E-state index contributed by atoms with van der Waals surface area (Å²) in [5, 5.41) is 0. The van der Waals surface area contributed by atoms with Crippen molar-refractivity contribution in [2.75, 3.05) is 41.4 Å². The third-order valence-corrected chi connectivity index (χ3v) is 5.22. The van der Waals surface area contributed by atoms with Crippen LogP contribution < -0.4 is 20.7 Å². The number of hydrazine groups is 1. The van der Waals surface area contributed by atoms with E-state index >= 15 is 0 Å². The molecule has 0 unspecified atom stereocenters. The van der Waals surface area contributed by atoms with Crippen LogP contribution in [0.15, 0.2) is 0 Å². The molecule has 2 rings (SSSR count). The maximum Gasteiger partial charge on any atom is 0.248 e. The van der Waals surface area contributed by atoms with E-state index in [4.69, 9.17) is 0 Å². The molecule has 0 spiro atoms. The van der Waals surface area contributed by atoms with E-state index in [1.807, 2.05) is 0 Å². The highest BCUT2D eigenvalue weighted by atomic mass is 16.2. The van der Waals surface area contributed by atoms with Gasteiger partial charge in [-0.25, -0.2) is 0 Å². The third-order valence-electron chi connectivity index (χ3n) is 5.22. The molecule has 0 radical (unpaired) electrons. The highest BCUT2D eigenvalue weighted by Gasteiger charge is 2.18. The minimum Gasteiger partial charge on any atom is -0.341 e. The number of hydrogen-bond acceptors (Lipinski definition) is 7. The molecule has 1 fully saturated rings. The number of rotatable bonds is 10. The molecule has 1 aliphatic rings. The molecule has 0 bridgehead atoms. The van der Waals surface area contributed by atoms with Gasteiger partial charge in [0.05, 0.1) is 0 Å². The second-order valence-corrected chi connectivity index (χ2v) is 6.98. The molecule has 0 atom stereocenters. The molecule has 1 aliphatic carbocycles. The van der Waals surface area contributed by atoms with Gasteiger partial charge in [-0.1, -0.05) is 19.3 Å². The van der Waals surface area contributed by atoms with Gasteiger partial charge in [0.25, 0.3) is 0 Å². The fourth-order valence-electron chi connectivity index (χ4n) is 3.54. The van der Waals surface area contributed by atoms with Crippen LogP contribution in [0.25, 0.3) is 0 Å². The molecule has 0 aliphatic heterocycles. The first-order chi connectivity index (χ1) is 13.1. The Morgan fingerprint density at radius 3 is 1.89 bits per heavy atom. The van der Waals surface area contributed by atoms with Crippen LogP contribution in [0, 0.1) is 5.92 Å². The second kappa shape index (κ2) is 10.9. The molecule has 152 valence electrons. The summed E-state index contributed by atoms with van der Waals surface area (Å²) in [6.07, 6.45) is 6.63. The standard InChI is InChI=1S/C19H35N7O/c1-5-25(6-2)18-20-17(21-19(22-18)26(7-3)8-4)24-23-16(27)14-15-12-10-9-11-13-15/h15H,5-14H2,1-4H3,(H,23,27)(H,20,21,22,24). The van der Waals surface area contributed by atoms with E-state index in [0.29, 0.717) is 30.2 Å². The quantitative estimate of drug-likeness (QED) is 0.606. The second-order valence-electron chi connectivity index (χ2n) is 6.98. The zero-order valence-corrected chi connectivity index (χ0v) is 17.3. The van der Waals surface area contributed by atoms with Gasteiger partial charge >= 0.3 is 0 Å². The minimum absolute atomic E-state index is 0.00362. The number of anilines is 3. The lowest BCUT2D eigenvalue weighted by molar-refractivity contribution is -0.121. The molecule has 1 aromatic heterocycles. The van der Waals surface area contributed by atoms with Crippen LogP contribution in [0.5, 0.6) is 0 Å². The van der Waals surface area contributed by atoms with Gasteiger partial charge in [0, 0.05) is 32.6 Å². The molecule has 2 N–H and O–H groups in total. The van der Waals surface area contributed by atoms with Crippen LogP contribution >= 0.6 is 0 Å². The summed E-state index contributed by atoms with van der Waals surface area (Å²) >= 11 is 0. The van der Waals surface area contributed by atoms with E-state index in [0.717, 1.165) is 39.0 Å². The SMILES string of the molecule is CCN(CC)c1nc(NNC(=O)CC2CCCCC2)nc(N(CC)CC)n1. The summed E-state index contributed by atoms with van der Waals surface area (Å²) in [6, 6.07) is 0. The fourth-order valence-corrected chi connectivity index (χ4v) is 3.54. The van der Waals surface area contributed by atoms with Gasteiger partial charge in [-0.2, -0.15) is 15.0 Å². The molecule has 1 aromatic rings. The highest BCUT2D eigenvalue weighted by Crippen LogP contribution is 2.26. The zero-order valence-electron chi connectivity index (χ0n) is 17.3. The van der Waals surface area contributed by atoms with E-state index in [-0.39, 0.29) is 5.91 Å². The lowest BCUT2D eigenvalue weighted by Gasteiger charge is -2.24. The van der Waals surface area contributed by atoms with Crippen molar-refractivity contribution in [1.29, 1.82) is 0 Å². The van der Waals surface area contributed by atoms with Gasteiger partial charge in [0.1, 0.15) is 0 Å². The van der Waals surface area contributed by atoms with Gasteiger partial charge in [0.15, 0.2) is 0 Å². The van der Waals surface area contributed by atoms with Gasteiger partial charge in [-0.05, 0) is 46.5 Å². The van der Waals surface area contributed by atoms with Crippen molar-refractivity contribution in [3.05, 3.63) is 0 Å². The summed E-state index contributed by atoms with van der Waals surface area (Å²) in [5.74, 6) is 2.13. The van der Waals surface area contributed by atoms with Crippen molar-refractivity contribution in [3.63, 3.8) is 0 Å². The smallest absolute Gasteiger partial charge is 0.248 e. The Labute approximate surface area is 163 Å². The topological polar surface area (TPSA) is 86.3 Å². The maximum absolute atomic E-state index is 12.3. The predicted molar refractivity (Wildman–Crippen MR) is 110 cm³/mol. The summed E-state index contributed by atoms with van der Waals surface area (Å²) in [4.78, 5) is 30.0. The van der Waals surface area contributed by atoms with E-state index < -0.39 is 0 Å². The largest absolute Gasteiger partial charge is 0.341 e. The van der Waals surface area contributed by atoms with Crippen molar-refractivity contribution in [2.24, 2.45) is 5.92 Å². The van der Waals surface area contributed by atoms with Crippen LogP contribution in [0.4, 0.5) is 17.8 Å². The number of nitrogens with zero attached hydrogens (tertiary/aromatic N) is 5. The lowest BCUT2D eigenvalue weighted by atomic mass is 9.87. The molecule has 0 aromatic carbocycles. The Morgan fingerprint density at radius 2 is 1.41 bits per heavy atom. The monoisotopic (exact) mass is 377 g/mol. The van der Waals surface area contributed by atoms with Crippen molar-refractivity contribution in [2.45, 2.75) is 66.2 Å². The van der Waals surface area contributed by atoms with Crippen LogP contribution in [-0.2, 0) is 4.79 Å². The van der Waals surface area contributed by atoms with E-state index in [9.17, 15) is 4.79 Å². The van der Waals surface area contributed by atoms with Gasteiger partial charge in [0.2, 0.25) is 23.8 Å². The Balaban J connectivity index is 2.07. The van der Waals surface area contributed by atoms with Crippen molar-refractivity contribution in [3.8, 4) is 0 Å². The summed E-state index contributed by atoms with van der Waals surface area (Å²) < 4.78 is 0. The first-order valence-corrected chi connectivity index (χ1v) is 10.4. The Hall–Kier alpha value is -2.12. The maximum atomic E-state index is 12.3. The summed E-state index contributed by atoms with van der Waals surface area (Å²) in [5.41, 5.74) is 5.68. The zero-order chi connectivity index (χ0) is 19.6. The molecular weight excluding hydrogens is 342 g/mol. The van der Waals surface area contributed by atoms with Gasteiger partial charge < -0.3 is 9.80 Å². The molecule has 8 nitrogen and oxygen atoms in total. The fraction of sp³-hybridized carbons (Fsp3) is 0.789. The Kier molecular flexibility index (Phi) is 8.54. The van der Waals surface area contributed by atoms with Gasteiger partial charge in [-0.3, -0.25) is 15.6 Å². The van der Waals surface area contributed by atoms with Crippen LogP contribution in [-0.4, -0.2) is 47.0 Å². The van der Waals surface area contributed by atoms with E-state index in [1.54, 1.807) is 0 Å². The molecule has 27 heavy (non-hydrogen) atoms. The van der Waals surface area contributed by atoms with E-state index in [2.05, 4.69) is 63.3 Å². The molecule has 1 saturated carbocycles. The number of hydrogen-bond donors (Lipinski definition) is 2. The first kappa shape index (κ1) is 21.2. The van der Waals surface area contributed by atoms with Crippen molar-refractivity contribution < 1.29 is 4.79 Å². The predicted octanol–water partition coefficient (Wildman–Crippen LogP) is 2.98. The molecule has 8 heteroatoms. The van der Waals surface area contributed by atoms with Crippen LogP contribution in [0.1, 0.15) is 66.2 Å². The third kappa shape index (κ3) is 6.22. The summed E-state index contributed by atoms with van der Waals surface area (Å²) in [6.45, 7) is 11.5. The number of carbonyl (C=O) groups is 1. The van der Waals surface area contributed by atoms with Crippen molar-refractivity contribution in [1.82, 2.24) is 20.4 Å². The number of carbonyl (C=O) groups excluding carboxylic acids is 1. The lowest BCUT2D eigenvalue weighted by Crippen LogP contribution is -2.34. The minimum atomic E-state index is -0.00362. The van der Waals surface area contributed by atoms with Gasteiger partial charge in [-0.15, -0.1) is 0 Å². The molecular formula is C19H35N7O. The van der Waals surface area contributed by atoms with Crippen LogP contribution in [0.2, 0.25) is 0 Å². The summed E-state index contributed by atoms with van der Waals surface area (Å²) in [7, 11) is 0. The van der Waals surface area contributed by atoms with Crippen LogP contribution in [0.3, 0.4) is 0 Å². The van der Waals surface area contributed by atoms with Crippen molar-refractivity contribution >= 4 is 23.8 Å². The molecule has 1 heterocycles. The molecule has 1 amide bonds. The van der Waals surface area contributed by atoms with E-state index in [1.165, 1.54) is 19.3 Å². The average molecular weight is 378 g/mol. The first-order valence-electron chi connectivity index (χ1n) is 10.4. The number of aromatic nitrogens is 3. The number of amides is 1. The Bertz CT molecular complexity index is 551. The normalized spacial score (nSPS) is 14.7. The Morgan fingerprint density at radius 1 is 0.889 bits per heavy atom.